The lowest BCUT2D eigenvalue weighted by Crippen LogP contribution is -2.41. The summed E-state index contributed by atoms with van der Waals surface area (Å²) in [7, 11) is -2.29. The van der Waals surface area contributed by atoms with Crippen LogP contribution in [0.15, 0.2) is 58.3 Å². The maximum absolute atomic E-state index is 12.7. The van der Waals surface area contributed by atoms with E-state index < -0.39 is 15.9 Å². The van der Waals surface area contributed by atoms with Gasteiger partial charge in [0.2, 0.25) is 5.91 Å². The van der Waals surface area contributed by atoms with Gasteiger partial charge >= 0.3 is 0 Å². The minimum Gasteiger partial charge on any atom is -0.497 e. The van der Waals surface area contributed by atoms with Gasteiger partial charge in [-0.2, -0.15) is 0 Å². The molecule has 1 heterocycles. The highest BCUT2D eigenvalue weighted by Crippen LogP contribution is 2.33. The van der Waals surface area contributed by atoms with Crippen LogP contribution in [0, 0.1) is 6.92 Å². The van der Waals surface area contributed by atoms with Crippen LogP contribution in [0.1, 0.15) is 24.0 Å². The van der Waals surface area contributed by atoms with Crippen molar-refractivity contribution in [3.63, 3.8) is 0 Å². The predicted octanol–water partition coefficient (Wildman–Crippen LogP) is 2.99. The highest BCUT2D eigenvalue weighted by atomic mass is 32.2. The van der Waals surface area contributed by atoms with E-state index in [0.717, 1.165) is 11.1 Å². The van der Waals surface area contributed by atoms with Crippen LogP contribution in [0.5, 0.6) is 5.75 Å². The number of sulfonamides is 1. The van der Waals surface area contributed by atoms with Crippen molar-refractivity contribution in [2.45, 2.75) is 24.7 Å². The highest BCUT2D eigenvalue weighted by molar-refractivity contribution is 8.26. The van der Waals surface area contributed by atoms with Crippen molar-refractivity contribution >= 4 is 56.2 Å². The van der Waals surface area contributed by atoms with Crippen molar-refractivity contribution in [3.8, 4) is 5.75 Å². The molecule has 33 heavy (non-hydrogen) atoms. The van der Waals surface area contributed by atoms with E-state index in [0.29, 0.717) is 21.4 Å². The Morgan fingerprint density at radius 1 is 1.21 bits per heavy atom. The zero-order valence-electron chi connectivity index (χ0n) is 18.0. The number of hydrogen-bond donors (Lipinski definition) is 2. The molecule has 8 nitrogen and oxygen atoms in total. The molecule has 0 atom stereocenters. The first-order chi connectivity index (χ1) is 15.7. The van der Waals surface area contributed by atoms with Crippen molar-refractivity contribution in [1.82, 2.24) is 15.2 Å². The van der Waals surface area contributed by atoms with Crippen LogP contribution in [-0.2, 0) is 19.6 Å². The summed E-state index contributed by atoms with van der Waals surface area (Å²) in [6.45, 7) is 2.09. The van der Waals surface area contributed by atoms with E-state index in [1.165, 1.54) is 28.8 Å². The molecule has 1 aliphatic rings. The molecule has 3 rings (SSSR count). The molecule has 2 aromatic carbocycles. The molecule has 2 amide bonds. The number of benzene rings is 2. The summed E-state index contributed by atoms with van der Waals surface area (Å²) in [5.41, 5.74) is 3.93. The smallest absolute Gasteiger partial charge is 0.266 e. The molecular weight excluding hydrogens is 482 g/mol. The molecule has 174 valence electrons. The minimum atomic E-state index is -3.86. The van der Waals surface area contributed by atoms with Gasteiger partial charge < -0.3 is 4.74 Å². The summed E-state index contributed by atoms with van der Waals surface area (Å²) in [5, 5.41) is 0. The molecule has 0 aromatic heterocycles. The molecule has 2 aromatic rings. The van der Waals surface area contributed by atoms with Gasteiger partial charge in [-0.1, -0.05) is 53.8 Å². The molecule has 11 heteroatoms. The number of nitrogens with zero attached hydrogens (tertiary/aromatic N) is 1. The molecule has 0 saturated carbocycles. The van der Waals surface area contributed by atoms with E-state index in [-0.39, 0.29) is 23.8 Å². The van der Waals surface area contributed by atoms with Gasteiger partial charge in [-0.15, -0.1) is 4.83 Å². The number of amides is 2. The van der Waals surface area contributed by atoms with E-state index >= 15 is 0 Å². The fourth-order valence-electron chi connectivity index (χ4n) is 2.94. The Balaban J connectivity index is 1.50. The van der Waals surface area contributed by atoms with Crippen LogP contribution >= 0.6 is 24.0 Å². The van der Waals surface area contributed by atoms with Crippen molar-refractivity contribution in [2.75, 3.05) is 13.7 Å². The van der Waals surface area contributed by atoms with Crippen molar-refractivity contribution in [3.05, 3.63) is 64.6 Å². The lowest BCUT2D eigenvalue weighted by atomic mass is 10.2. The molecule has 1 saturated heterocycles. The maximum atomic E-state index is 12.7. The molecule has 2 N–H and O–H groups in total. The summed E-state index contributed by atoms with van der Waals surface area (Å²) in [4.78, 5) is 28.8. The molecule has 1 fully saturated rings. The average Bonchev–Trinajstić information content (AvgIpc) is 3.05. The average molecular weight is 506 g/mol. The monoisotopic (exact) mass is 505 g/mol. The van der Waals surface area contributed by atoms with Gasteiger partial charge in [0.1, 0.15) is 10.1 Å². The third kappa shape index (κ3) is 6.64. The second kappa shape index (κ2) is 10.9. The maximum Gasteiger partial charge on any atom is 0.266 e. The summed E-state index contributed by atoms with van der Waals surface area (Å²) < 4.78 is 30.1. The lowest BCUT2D eigenvalue weighted by molar-refractivity contribution is -0.124. The first-order valence-corrected chi connectivity index (χ1v) is 12.7. The Labute approximate surface area is 202 Å². The van der Waals surface area contributed by atoms with E-state index in [1.807, 2.05) is 31.2 Å². The second-order valence-electron chi connectivity index (χ2n) is 7.18. The van der Waals surface area contributed by atoms with Crippen molar-refractivity contribution in [2.24, 2.45) is 0 Å². The Morgan fingerprint density at radius 2 is 1.94 bits per heavy atom. The number of hydrogen-bond acceptors (Lipinski definition) is 7. The Morgan fingerprint density at radius 3 is 2.64 bits per heavy atom. The van der Waals surface area contributed by atoms with Gasteiger partial charge in [0.25, 0.3) is 15.9 Å². The van der Waals surface area contributed by atoms with Crippen LogP contribution in [-0.4, -0.2) is 43.1 Å². The Kier molecular flexibility index (Phi) is 8.25. The van der Waals surface area contributed by atoms with Gasteiger partial charge in [0.05, 0.1) is 16.9 Å². The topological polar surface area (TPSA) is 105 Å². The first kappa shape index (κ1) is 24.9. The number of aryl methyl sites for hydroxylation is 1. The van der Waals surface area contributed by atoms with Gasteiger partial charge in [-0.25, -0.2) is 8.42 Å². The first-order valence-electron chi connectivity index (χ1n) is 9.96. The van der Waals surface area contributed by atoms with Crippen LogP contribution in [0.4, 0.5) is 0 Å². The minimum absolute atomic E-state index is 0.0163. The number of hydrazine groups is 1. The molecule has 0 bridgehead atoms. The third-order valence-corrected chi connectivity index (χ3v) is 7.35. The number of methoxy groups -OCH3 is 1. The fraction of sp³-hybridized carbons (Fsp3) is 0.227. The van der Waals surface area contributed by atoms with Crippen molar-refractivity contribution < 1.29 is 22.7 Å². The zero-order chi connectivity index (χ0) is 24.0. The Hall–Kier alpha value is -2.73. The van der Waals surface area contributed by atoms with Crippen molar-refractivity contribution in [1.29, 1.82) is 0 Å². The van der Waals surface area contributed by atoms with Gasteiger partial charge in [0, 0.05) is 13.0 Å². The second-order valence-corrected chi connectivity index (χ2v) is 10.5. The quantitative estimate of drug-likeness (QED) is 0.307. The SMILES string of the molecule is COc1cccc(/C=C2\SC(=S)N(CCCC(=O)NNS(=O)(=O)c3ccc(C)cc3)C2=O)c1. The standard InChI is InChI=1S/C22H23N3O5S3/c1-15-8-10-18(11-9-15)33(28,29)24-23-20(26)7-4-12-25-21(27)19(32-22(25)31)14-16-5-3-6-17(13-16)30-2/h3,5-6,8-11,13-14,24H,4,7,12H2,1-2H3,(H,23,26)/b19-14-. The number of thiocarbonyl (C=S) groups is 1. The van der Waals surface area contributed by atoms with Gasteiger partial charge in [-0.05, 0) is 49.2 Å². The summed E-state index contributed by atoms with van der Waals surface area (Å²) in [6.07, 6.45) is 2.08. The molecule has 0 aliphatic carbocycles. The largest absolute Gasteiger partial charge is 0.497 e. The zero-order valence-corrected chi connectivity index (χ0v) is 20.5. The number of rotatable bonds is 9. The molecule has 1 aliphatic heterocycles. The summed E-state index contributed by atoms with van der Waals surface area (Å²) in [6, 6.07) is 13.6. The predicted molar refractivity (Wildman–Crippen MR) is 132 cm³/mol. The molecular formula is C22H23N3O5S3. The van der Waals surface area contributed by atoms with Crippen LogP contribution in [0.2, 0.25) is 0 Å². The summed E-state index contributed by atoms with van der Waals surface area (Å²) >= 11 is 6.51. The number of carbonyl (C=O) groups excluding carboxylic acids is 2. The number of carbonyl (C=O) groups is 2. The molecule has 0 spiro atoms. The number of thioether (sulfide) groups is 1. The fourth-order valence-corrected chi connectivity index (χ4v) is 5.11. The number of ether oxygens (including phenoxy) is 1. The van der Waals surface area contributed by atoms with E-state index in [4.69, 9.17) is 17.0 Å². The van der Waals surface area contributed by atoms with Crippen LogP contribution < -0.4 is 15.0 Å². The number of nitrogens with one attached hydrogen (secondary N) is 2. The molecule has 0 radical (unpaired) electrons. The highest BCUT2D eigenvalue weighted by Gasteiger charge is 2.31. The van der Waals surface area contributed by atoms with E-state index in [2.05, 4.69) is 10.3 Å². The Bertz CT molecular complexity index is 1190. The van der Waals surface area contributed by atoms with Gasteiger partial charge in [0.15, 0.2) is 0 Å². The summed E-state index contributed by atoms with van der Waals surface area (Å²) in [5.74, 6) is -0.0559. The van der Waals surface area contributed by atoms with Crippen LogP contribution in [0.25, 0.3) is 6.08 Å². The molecule has 0 unspecified atom stereocenters. The van der Waals surface area contributed by atoms with E-state index in [9.17, 15) is 18.0 Å². The lowest BCUT2D eigenvalue weighted by Gasteiger charge is -2.14. The third-order valence-electron chi connectivity index (χ3n) is 4.71. The normalized spacial score (nSPS) is 15.2. The van der Waals surface area contributed by atoms with Crippen LogP contribution in [0.3, 0.4) is 0 Å². The van der Waals surface area contributed by atoms with E-state index in [1.54, 1.807) is 25.3 Å². The van der Waals surface area contributed by atoms with Gasteiger partial charge in [-0.3, -0.25) is 19.9 Å².